The van der Waals surface area contributed by atoms with E-state index in [0.717, 1.165) is 11.1 Å². The van der Waals surface area contributed by atoms with E-state index in [0.29, 0.717) is 35.3 Å². The van der Waals surface area contributed by atoms with Gasteiger partial charge in [0, 0.05) is 12.1 Å². The van der Waals surface area contributed by atoms with E-state index in [1.807, 2.05) is 73.0 Å². The summed E-state index contributed by atoms with van der Waals surface area (Å²) in [5.74, 6) is 1.38. The van der Waals surface area contributed by atoms with Crippen molar-refractivity contribution in [2.24, 2.45) is 0 Å². The van der Waals surface area contributed by atoms with Gasteiger partial charge in [-0.25, -0.2) is 18.1 Å². The van der Waals surface area contributed by atoms with Gasteiger partial charge < -0.3 is 9.47 Å². The quantitative estimate of drug-likeness (QED) is 0.324. The molecule has 0 spiro atoms. The third kappa shape index (κ3) is 5.39. The normalized spacial score (nSPS) is 12.3. The van der Waals surface area contributed by atoms with Crippen molar-refractivity contribution in [1.29, 1.82) is 0 Å². The van der Waals surface area contributed by atoms with Crippen LogP contribution in [0.4, 0.5) is 0 Å². The van der Waals surface area contributed by atoms with Crippen LogP contribution in [0.25, 0.3) is 11.1 Å². The van der Waals surface area contributed by atoms with E-state index in [-0.39, 0.29) is 4.90 Å². The second kappa shape index (κ2) is 10.3. The highest BCUT2D eigenvalue weighted by Gasteiger charge is 2.25. The van der Waals surface area contributed by atoms with Gasteiger partial charge in [0.1, 0.15) is 11.5 Å². The summed E-state index contributed by atoms with van der Waals surface area (Å²) in [5, 5.41) is 0. The fourth-order valence-electron chi connectivity index (χ4n) is 3.89. The molecule has 35 heavy (non-hydrogen) atoms. The van der Waals surface area contributed by atoms with Crippen molar-refractivity contribution in [3.05, 3.63) is 90.3 Å². The molecule has 7 nitrogen and oxygen atoms in total. The molecular formula is C27H29N3O4S. The number of sulfonamides is 1. The number of benzene rings is 3. The molecule has 4 rings (SSSR count). The van der Waals surface area contributed by atoms with E-state index < -0.39 is 16.1 Å². The van der Waals surface area contributed by atoms with Gasteiger partial charge in [0.05, 0.1) is 29.9 Å². The Bertz CT molecular complexity index is 1400. The molecule has 0 fully saturated rings. The van der Waals surface area contributed by atoms with Crippen LogP contribution in [0.3, 0.4) is 0 Å². The van der Waals surface area contributed by atoms with E-state index in [2.05, 4.69) is 9.71 Å². The molecule has 0 aliphatic heterocycles. The summed E-state index contributed by atoms with van der Waals surface area (Å²) in [6, 6.07) is 21.8. The molecule has 0 amide bonds. The van der Waals surface area contributed by atoms with E-state index in [1.165, 1.54) is 0 Å². The van der Waals surface area contributed by atoms with Crippen molar-refractivity contribution in [3.63, 3.8) is 0 Å². The largest absolute Gasteiger partial charge is 0.497 e. The smallest absolute Gasteiger partial charge is 0.302 e. The maximum absolute atomic E-state index is 13.5. The average molecular weight is 492 g/mol. The van der Waals surface area contributed by atoms with E-state index in [9.17, 15) is 8.42 Å². The van der Waals surface area contributed by atoms with Crippen molar-refractivity contribution < 1.29 is 17.9 Å². The second-order valence-corrected chi connectivity index (χ2v) is 9.88. The van der Waals surface area contributed by atoms with Crippen molar-refractivity contribution in [3.8, 4) is 28.6 Å². The third-order valence-corrected chi connectivity index (χ3v) is 7.35. The first-order chi connectivity index (χ1) is 16.8. The Morgan fingerprint density at radius 3 is 2.29 bits per heavy atom. The van der Waals surface area contributed by atoms with Crippen LogP contribution in [0.1, 0.15) is 31.1 Å². The highest BCUT2D eigenvalue weighted by Crippen LogP contribution is 2.30. The number of aryl methyl sites for hydroxylation is 1. The van der Waals surface area contributed by atoms with Crippen molar-refractivity contribution >= 4 is 10.0 Å². The molecule has 1 unspecified atom stereocenters. The molecule has 182 valence electrons. The summed E-state index contributed by atoms with van der Waals surface area (Å²) in [6.45, 7) is 6.35. The van der Waals surface area contributed by atoms with Crippen LogP contribution >= 0.6 is 0 Å². The fourth-order valence-corrected chi connectivity index (χ4v) is 5.34. The van der Waals surface area contributed by atoms with Gasteiger partial charge >= 0.3 is 6.01 Å². The molecule has 0 saturated carbocycles. The zero-order valence-electron chi connectivity index (χ0n) is 20.2. The molecule has 3 aromatic carbocycles. The summed E-state index contributed by atoms with van der Waals surface area (Å²) in [6.07, 6.45) is 1.65. The Kier molecular flexibility index (Phi) is 7.23. The standard InChI is InChI=1S/C27H29N3O4S/c1-5-30-25(18-28-27(30)34-23-14-10-19(2)11-15-23)20(3)29-35(31,32)26-9-7-6-8-24(26)21-12-16-22(33-4)17-13-21/h6-18,20,29H,5H2,1-4H3. The minimum Gasteiger partial charge on any atom is -0.497 e. The number of nitrogens with zero attached hydrogens (tertiary/aromatic N) is 2. The SMILES string of the molecule is CCn1c(C(C)NS(=O)(=O)c2ccccc2-c2ccc(OC)cc2)cnc1Oc1ccc(C)cc1. The fraction of sp³-hybridized carbons (Fsp3) is 0.222. The average Bonchev–Trinajstić information content (AvgIpc) is 3.28. The van der Waals surface area contributed by atoms with Gasteiger partial charge in [-0.3, -0.25) is 4.57 Å². The van der Waals surface area contributed by atoms with Crippen molar-refractivity contribution in [2.75, 3.05) is 7.11 Å². The number of methoxy groups -OCH3 is 1. The second-order valence-electron chi connectivity index (χ2n) is 8.19. The predicted molar refractivity (Wildman–Crippen MR) is 136 cm³/mol. The molecule has 0 bridgehead atoms. The lowest BCUT2D eigenvalue weighted by Crippen LogP contribution is -2.28. The third-order valence-electron chi connectivity index (χ3n) is 5.75. The number of hydrogen-bond donors (Lipinski definition) is 1. The zero-order valence-corrected chi connectivity index (χ0v) is 21.0. The van der Waals surface area contributed by atoms with Gasteiger partial charge in [0.15, 0.2) is 0 Å². The predicted octanol–water partition coefficient (Wildman–Crippen LogP) is 5.72. The highest BCUT2D eigenvalue weighted by molar-refractivity contribution is 7.89. The van der Waals surface area contributed by atoms with Gasteiger partial charge in [-0.1, -0.05) is 48.0 Å². The van der Waals surface area contributed by atoms with Gasteiger partial charge in [-0.05, 0) is 56.7 Å². The molecule has 0 aliphatic rings. The molecule has 8 heteroatoms. The first-order valence-corrected chi connectivity index (χ1v) is 12.9. The summed E-state index contributed by atoms with van der Waals surface area (Å²) in [7, 11) is -2.25. The van der Waals surface area contributed by atoms with E-state index >= 15 is 0 Å². The van der Waals surface area contributed by atoms with Crippen molar-refractivity contribution in [2.45, 2.75) is 38.3 Å². The monoisotopic (exact) mass is 491 g/mol. The first-order valence-electron chi connectivity index (χ1n) is 11.4. The minimum atomic E-state index is -3.84. The Morgan fingerprint density at radius 1 is 0.971 bits per heavy atom. The maximum Gasteiger partial charge on any atom is 0.302 e. The molecular weight excluding hydrogens is 462 g/mol. The number of aromatic nitrogens is 2. The summed E-state index contributed by atoms with van der Waals surface area (Å²) >= 11 is 0. The molecule has 4 aromatic rings. The highest BCUT2D eigenvalue weighted by atomic mass is 32.2. The van der Waals surface area contributed by atoms with Crippen LogP contribution in [0.15, 0.2) is 83.9 Å². The molecule has 0 saturated heterocycles. The number of imidazole rings is 1. The Balaban J connectivity index is 1.60. The number of rotatable bonds is 9. The van der Waals surface area contributed by atoms with Crippen LogP contribution in [-0.4, -0.2) is 25.1 Å². The zero-order chi connectivity index (χ0) is 25.0. The Morgan fingerprint density at radius 2 is 1.63 bits per heavy atom. The van der Waals surface area contributed by atoms with Crippen molar-refractivity contribution in [1.82, 2.24) is 14.3 Å². The van der Waals surface area contributed by atoms with E-state index in [4.69, 9.17) is 9.47 Å². The van der Waals surface area contributed by atoms with Gasteiger partial charge in [-0.2, -0.15) is 0 Å². The van der Waals surface area contributed by atoms with Crippen LogP contribution in [0.5, 0.6) is 17.5 Å². The van der Waals surface area contributed by atoms with Gasteiger partial charge in [0.2, 0.25) is 10.0 Å². The lowest BCUT2D eigenvalue weighted by Gasteiger charge is -2.18. The lowest BCUT2D eigenvalue weighted by atomic mass is 10.1. The molecule has 1 aromatic heterocycles. The molecule has 1 N–H and O–H groups in total. The molecule has 1 atom stereocenters. The lowest BCUT2D eigenvalue weighted by molar-refractivity contribution is 0.408. The maximum atomic E-state index is 13.5. The Hall–Kier alpha value is -3.62. The summed E-state index contributed by atoms with van der Waals surface area (Å²) < 4.78 is 42.8. The molecule has 0 aliphatic carbocycles. The molecule has 0 radical (unpaired) electrons. The van der Waals surface area contributed by atoms with E-state index in [1.54, 1.807) is 38.4 Å². The van der Waals surface area contributed by atoms with Crippen LogP contribution in [0, 0.1) is 6.92 Å². The number of ether oxygens (including phenoxy) is 2. The molecule has 1 heterocycles. The minimum absolute atomic E-state index is 0.204. The van der Waals surface area contributed by atoms with Gasteiger partial charge in [0.25, 0.3) is 0 Å². The Labute approximate surface area is 206 Å². The first kappa shape index (κ1) is 24.5. The number of hydrogen-bond acceptors (Lipinski definition) is 5. The summed E-state index contributed by atoms with van der Waals surface area (Å²) in [5.41, 5.74) is 3.24. The number of nitrogens with one attached hydrogen (secondary N) is 1. The van der Waals surface area contributed by atoms with Crippen LogP contribution in [0.2, 0.25) is 0 Å². The van der Waals surface area contributed by atoms with Crippen LogP contribution < -0.4 is 14.2 Å². The van der Waals surface area contributed by atoms with Gasteiger partial charge in [-0.15, -0.1) is 0 Å². The summed E-state index contributed by atoms with van der Waals surface area (Å²) in [4.78, 5) is 4.61. The van der Waals surface area contributed by atoms with Crippen LogP contribution in [-0.2, 0) is 16.6 Å². The topological polar surface area (TPSA) is 82.5 Å².